The monoisotopic (exact) mass is 390 g/mol. The van der Waals surface area contributed by atoms with Gasteiger partial charge in [-0.05, 0) is 25.1 Å². The van der Waals surface area contributed by atoms with Gasteiger partial charge in [0.1, 0.15) is 0 Å². The van der Waals surface area contributed by atoms with Crippen molar-refractivity contribution in [1.29, 1.82) is 0 Å². The zero-order valence-corrected chi connectivity index (χ0v) is 15.7. The van der Waals surface area contributed by atoms with E-state index in [0.717, 1.165) is 23.0 Å². The van der Waals surface area contributed by atoms with E-state index in [-0.39, 0.29) is 11.8 Å². The molecule has 1 N–H and O–H groups in total. The highest BCUT2D eigenvalue weighted by atomic mass is 35.5. The number of rotatable bonds is 5. The number of amides is 1. The van der Waals surface area contributed by atoms with Gasteiger partial charge in [0, 0.05) is 22.9 Å². The molecule has 1 amide bonds. The molecule has 3 rings (SSSR count). The Morgan fingerprint density at radius 3 is 2.69 bits per heavy atom. The van der Waals surface area contributed by atoms with E-state index in [2.05, 4.69) is 20.3 Å². The van der Waals surface area contributed by atoms with Crippen LogP contribution in [0.15, 0.2) is 36.1 Å². The van der Waals surface area contributed by atoms with Crippen molar-refractivity contribution in [3.05, 3.63) is 63.1 Å². The lowest BCUT2D eigenvalue weighted by atomic mass is 10.1. The molecule has 1 atom stereocenters. The number of aryl methyl sites for hydroxylation is 1. The van der Waals surface area contributed by atoms with Crippen LogP contribution in [0.1, 0.15) is 33.8 Å². The Bertz CT molecular complexity index is 929. The first-order chi connectivity index (χ1) is 12.5. The maximum absolute atomic E-state index is 13.0. The highest BCUT2D eigenvalue weighted by Gasteiger charge is 2.16. The predicted molar refractivity (Wildman–Crippen MR) is 100 cm³/mol. The van der Waals surface area contributed by atoms with Crippen molar-refractivity contribution in [2.45, 2.75) is 19.8 Å². The van der Waals surface area contributed by atoms with Crippen LogP contribution in [0.2, 0.25) is 5.02 Å². The molecule has 0 spiro atoms. The molecule has 0 saturated heterocycles. The van der Waals surface area contributed by atoms with Crippen LogP contribution in [0, 0.1) is 12.7 Å². The highest BCUT2D eigenvalue weighted by molar-refractivity contribution is 7.09. The number of carbonyl (C=O) groups is 1. The van der Waals surface area contributed by atoms with Gasteiger partial charge in [-0.1, -0.05) is 18.5 Å². The number of thiazole rings is 1. The highest BCUT2D eigenvalue weighted by Crippen LogP contribution is 2.25. The predicted octanol–water partition coefficient (Wildman–Crippen LogP) is 4.23. The number of aromatic nitrogens is 3. The van der Waals surface area contributed by atoms with Gasteiger partial charge in [0.2, 0.25) is 0 Å². The first-order valence-electron chi connectivity index (χ1n) is 7.91. The molecule has 0 aliphatic rings. The molecule has 26 heavy (non-hydrogen) atoms. The molecular weight excluding hydrogens is 375 g/mol. The Morgan fingerprint density at radius 1 is 1.31 bits per heavy atom. The molecule has 0 aliphatic heterocycles. The van der Waals surface area contributed by atoms with Crippen LogP contribution in [0.4, 0.5) is 4.39 Å². The van der Waals surface area contributed by atoms with Crippen LogP contribution in [-0.4, -0.2) is 27.4 Å². The quantitative estimate of drug-likeness (QED) is 0.707. The maximum atomic E-state index is 13.0. The molecule has 0 radical (unpaired) electrons. The smallest absolute Gasteiger partial charge is 0.252 e. The lowest BCUT2D eigenvalue weighted by Crippen LogP contribution is -2.27. The van der Waals surface area contributed by atoms with E-state index in [1.54, 1.807) is 35.0 Å². The number of hydrogen-bond acceptors (Lipinski definition) is 5. The van der Waals surface area contributed by atoms with Gasteiger partial charge in [-0.3, -0.25) is 4.79 Å². The molecular formula is C18H16ClFN4OS. The Kier molecular flexibility index (Phi) is 5.58. The van der Waals surface area contributed by atoms with Crippen molar-refractivity contribution in [2.75, 3.05) is 6.54 Å². The number of nitrogens with one attached hydrogen (secondary N) is 1. The van der Waals surface area contributed by atoms with Gasteiger partial charge >= 0.3 is 0 Å². The minimum atomic E-state index is -0.520. The van der Waals surface area contributed by atoms with Gasteiger partial charge in [0.15, 0.2) is 11.6 Å². The normalized spacial score (nSPS) is 12.0. The lowest BCUT2D eigenvalue weighted by Gasteiger charge is -2.13. The zero-order valence-electron chi connectivity index (χ0n) is 14.2. The summed E-state index contributed by atoms with van der Waals surface area (Å²) >= 11 is 7.75. The van der Waals surface area contributed by atoms with E-state index in [4.69, 9.17) is 11.6 Å². The summed E-state index contributed by atoms with van der Waals surface area (Å²) < 4.78 is 13.0. The van der Waals surface area contributed by atoms with E-state index in [1.807, 2.05) is 13.8 Å². The van der Waals surface area contributed by atoms with Crippen molar-refractivity contribution < 1.29 is 9.18 Å². The molecule has 0 aliphatic carbocycles. The van der Waals surface area contributed by atoms with Crippen LogP contribution in [0.5, 0.6) is 0 Å². The Balaban J connectivity index is 1.75. The molecule has 2 aromatic heterocycles. The third-order valence-corrected chi connectivity index (χ3v) is 5.38. The summed E-state index contributed by atoms with van der Waals surface area (Å²) in [6.07, 6.45) is 2.16. The van der Waals surface area contributed by atoms with Crippen LogP contribution in [-0.2, 0) is 0 Å². The van der Waals surface area contributed by atoms with Gasteiger partial charge < -0.3 is 5.32 Å². The summed E-state index contributed by atoms with van der Waals surface area (Å²) in [5.41, 5.74) is 3.69. The molecule has 2 heterocycles. The Hall–Kier alpha value is -2.38. The number of benzene rings is 1. The third-order valence-electron chi connectivity index (χ3n) is 3.89. The minimum absolute atomic E-state index is 0.147. The standard InChI is InChI=1S/C18H16ClFN4OS/c1-10(16-11(2)24-9-26-16)6-23-18(25)14-5-12(3-4-15(14)19)17-21-7-13(20)8-22-17/h3-5,7-10H,6H2,1-2H3,(H,23,25). The van der Waals surface area contributed by atoms with Crippen molar-refractivity contribution in [1.82, 2.24) is 20.3 Å². The summed E-state index contributed by atoms with van der Waals surface area (Å²) in [5, 5.41) is 3.23. The second-order valence-corrected chi connectivity index (χ2v) is 7.13. The fourth-order valence-corrected chi connectivity index (χ4v) is 3.58. The van der Waals surface area contributed by atoms with Gasteiger partial charge in [-0.25, -0.2) is 19.3 Å². The molecule has 134 valence electrons. The van der Waals surface area contributed by atoms with Gasteiger partial charge in [-0.15, -0.1) is 11.3 Å². The van der Waals surface area contributed by atoms with Crippen molar-refractivity contribution in [3.8, 4) is 11.4 Å². The molecule has 0 fully saturated rings. The average molecular weight is 391 g/mol. The lowest BCUT2D eigenvalue weighted by molar-refractivity contribution is 0.0952. The first kappa shape index (κ1) is 18.4. The third kappa shape index (κ3) is 4.05. The van der Waals surface area contributed by atoms with Crippen LogP contribution in [0.3, 0.4) is 0 Å². The number of hydrogen-bond donors (Lipinski definition) is 1. The first-order valence-corrected chi connectivity index (χ1v) is 9.17. The molecule has 3 aromatic rings. The molecule has 0 saturated carbocycles. The molecule has 0 bridgehead atoms. The molecule has 5 nitrogen and oxygen atoms in total. The van der Waals surface area contributed by atoms with E-state index in [1.165, 1.54) is 0 Å². The summed E-state index contributed by atoms with van der Waals surface area (Å²) in [7, 11) is 0. The summed E-state index contributed by atoms with van der Waals surface area (Å²) in [5.74, 6) is -0.333. The second kappa shape index (κ2) is 7.88. The van der Waals surface area contributed by atoms with E-state index in [0.29, 0.717) is 28.5 Å². The summed E-state index contributed by atoms with van der Waals surface area (Å²) in [4.78, 5) is 25.8. The minimum Gasteiger partial charge on any atom is -0.351 e. The fraction of sp³-hybridized carbons (Fsp3) is 0.222. The average Bonchev–Trinajstić information content (AvgIpc) is 3.06. The molecule has 1 unspecified atom stereocenters. The zero-order chi connectivity index (χ0) is 18.7. The largest absolute Gasteiger partial charge is 0.351 e. The number of nitrogens with zero attached hydrogens (tertiary/aromatic N) is 3. The van der Waals surface area contributed by atoms with Crippen LogP contribution in [0.25, 0.3) is 11.4 Å². The van der Waals surface area contributed by atoms with Gasteiger partial charge in [0.25, 0.3) is 5.91 Å². The SMILES string of the molecule is Cc1ncsc1C(C)CNC(=O)c1cc(-c2ncc(F)cn2)ccc1Cl. The molecule has 1 aromatic carbocycles. The van der Waals surface area contributed by atoms with Crippen LogP contribution >= 0.6 is 22.9 Å². The Labute approximate surface area is 159 Å². The van der Waals surface area contributed by atoms with Crippen LogP contribution < -0.4 is 5.32 Å². The molecule has 8 heteroatoms. The number of halogens is 2. The van der Waals surface area contributed by atoms with E-state index in [9.17, 15) is 9.18 Å². The topological polar surface area (TPSA) is 67.8 Å². The van der Waals surface area contributed by atoms with E-state index < -0.39 is 5.82 Å². The van der Waals surface area contributed by atoms with Gasteiger partial charge in [-0.2, -0.15) is 0 Å². The second-order valence-electron chi connectivity index (χ2n) is 5.83. The maximum Gasteiger partial charge on any atom is 0.252 e. The fourth-order valence-electron chi connectivity index (χ4n) is 2.52. The van der Waals surface area contributed by atoms with Gasteiger partial charge in [0.05, 0.1) is 34.2 Å². The van der Waals surface area contributed by atoms with Crippen molar-refractivity contribution in [2.24, 2.45) is 0 Å². The van der Waals surface area contributed by atoms with Crippen molar-refractivity contribution in [3.63, 3.8) is 0 Å². The van der Waals surface area contributed by atoms with Crippen molar-refractivity contribution >= 4 is 28.8 Å². The number of carbonyl (C=O) groups excluding carboxylic acids is 1. The van der Waals surface area contributed by atoms with E-state index >= 15 is 0 Å². The Morgan fingerprint density at radius 2 is 2.04 bits per heavy atom. The summed E-state index contributed by atoms with van der Waals surface area (Å²) in [6.45, 7) is 4.45. The summed E-state index contributed by atoms with van der Waals surface area (Å²) in [6, 6.07) is 4.90.